The van der Waals surface area contributed by atoms with E-state index in [4.69, 9.17) is 4.74 Å². The standard InChI is InChI=1S/C22H24N4O2/c1-17-23-10-11-26(17)16-18-2-4-19(5-3-18)22(27)24-20-6-8-21(9-7-20)25-12-14-28-15-13-25/h2-11H,12-16H2,1H3,(H,24,27). The molecule has 144 valence electrons. The minimum atomic E-state index is -0.107. The number of anilines is 2. The Labute approximate surface area is 164 Å². The highest BCUT2D eigenvalue weighted by Gasteiger charge is 2.11. The first-order valence-electron chi connectivity index (χ1n) is 9.50. The van der Waals surface area contributed by atoms with Crippen LogP contribution >= 0.6 is 0 Å². The minimum Gasteiger partial charge on any atom is -0.378 e. The molecule has 1 aliphatic heterocycles. The average Bonchev–Trinajstić information content (AvgIpc) is 3.14. The van der Waals surface area contributed by atoms with Crippen molar-refractivity contribution in [2.24, 2.45) is 0 Å². The molecule has 6 nitrogen and oxygen atoms in total. The third-order valence-corrected chi connectivity index (χ3v) is 4.99. The van der Waals surface area contributed by atoms with Crippen molar-refractivity contribution in [3.05, 3.63) is 77.9 Å². The molecule has 0 spiro atoms. The first kappa shape index (κ1) is 18.3. The molecule has 28 heavy (non-hydrogen) atoms. The Hall–Kier alpha value is -3.12. The number of ether oxygens (including phenoxy) is 1. The lowest BCUT2D eigenvalue weighted by atomic mass is 10.1. The molecule has 2 heterocycles. The van der Waals surface area contributed by atoms with E-state index in [-0.39, 0.29) is 5.91 Å². The maximum absolute atomic E-state index is 12.5. The number of aromatic nitrogens is 2. The third-order valence-electron chi connectivity index (χ3n) is 4.99. The molecule has 0 bridgehead atoms. The van der Waals surface area contributed by atoms with Crippen LogP contribution in [0.5, 0.6) is 0 Å². The maximum Gasteiger partial charge on any atom is 0.255 e. The topological polar surface area (TPSA) is 59.4 Å². The fraction of sp³-hybridized carbons (Fsp3) is 0.273. The van der Waals surface area contributed by atoms with E-state index < -0.39 is 0 Å². The smallest absolute Gasteiger partial charge is 0.255 e. The van der Waals surface area contributed by atoms with E-state index in [9.17, 15) is 4.79 Å². The van der Waals surface area contributed by atoms with Crippen molar-refractivity contribution in [3.8, 4) is 0 Å². The van der Waals surface area contributed by atoms with Crippen molar-refractivity contribution < 1.29 is 9.53 Å². The van der Waals surface area contributed by atoms with Gasteiger partial charge >= 0.3 is 0 Å². The van der Waals surface area contributed by atoms with Crippen LogP contribution in [0.15, 0.2) is 60.9 Å². The molecule has 1 aliphatic rings. The van der Waals surface area contributed by atoms with Gasteiger partial charge in [-0.1, -0.05) is 12.1 Å². The Balaban J connectivity index is 1.37. The lowest BCUT2D eigenvalue weighted by molar-refractivity contribution is 0.102. The second kappa shape index (κ2) is 8.27. The molecule has 0 atom stereocenters. The van der Waals surface area contributed by atoms with Crippen molar-refractivity contribution in [2.75, 3.05) is 36.5 Å². The molecule has 2 aromatic carbocycles. The molecule has 1 saturated heterocycles. The van der Waals surface area contributed by atoms with Crippen LogP contribution in [0.2, 0.25) is 0 Å². The molecule has 1 N–H and O–H groups in total. The van der Waals surface area contributed by atoms with E-state index in [0.717, 1.165) is 55.6 Å². The van der Waals surface area contributed by atoms with Gasteiger partial charge in [0.2, 0.25) is 0 Å². The van der Waals surface area contributed by atoms with E-state index >= 15 is 0 Å². The summed E-state index contributed by atoms with van der Waals surface area (Å²) >= 11 is 0. The highest BCUT2D eigenvalue weighted by Crippen LogP contribution is 2.19. The van der Waals surface area contributed by atoms with Crippen LogP contribution in [0, 0.1) is 6.92 Å². The summed E-state index contributed by atoms with van der Waals surface area (Å²) < 4.78 is 7.46. The molecule has 3 aromatic rings. The van der Waals surface area contributed by atoms with Crippen LogP contribution in [0.4, 0.5) is 11.4 Å². The number of hydrogen-bond acceptors (Lipinski definition) is 4. The van der Waals surface area contributed by atoms with Gasteiger partial charge < -0.3 is 19.5 Å². The van der Waals surface area contributed by atoms with Gasteiger partial charge in [-0.05, 0) is 48.9 Å². The SMILES string of the molecule is Cc1nccn1Cc1ccc(C(=O)Nc2ccc(N3CCOCC3)cc2)cc1. The average molecular weight is 376 g/mol. The zero-order valence-electron chi connectivity index (χ0n) is 16.0. The second-order valence-electron chi connectivity index (χ2n) is 6.90. The summed E-state index contributed by atoms with van der Waals surface area (Å²) in [5.74, 6) is 0.867. The number of carbonyl (C=O) groups is 1. The van der Waals surface area contributed by atoms with Crippen LogP contribution in [0.3, 0.4) is 0 Å². The van der Waals surface area contributed by atoms with Gasteiger partial charge in [0.1, 0.15) is 5.82 Å². The van der Waals surface area contributed by atoms with Gasteiger partial charge in [-0.25, -0.2) is 4.98 Å². The predicted octanol–water partition coefficient (Wildman–Crippen LogP) is 3.33. The molecule has 1 amide bonds. The fourth-order valence-corrected chi connectivity index (χ4v) is 3.31. The summed E-state index contributed by atoms with van der Waals surface area (Å²) in [4.78, 5) is 19.0. The van der Waals surface area contributed by atoms with Gasteiger partial charge in [-0.2, -0.15) is 0 Å². The van der Waals surface area contributed by atoms with E-state index in [1.807, 2.05) is 61.7 Å². The normalized spacial score (nSPS) is 14.1. The van der Waals surface area contributed by atoms with Gasteiger partial charge in [0.15, 0.2) is 0 Å². The van der Waals surface area contributed by atoms with Crippen LogP contribution in [-0.4, -0.2) is 41.8 Å². The number of amides is 1. The first-order valence-corrected chi connectivity index (χ1v) is 9.50. The van der Waals surface area contributed by atoms with E-state index in [1.165, 1.54) is 0 Å². The van der Waals surface area contributed by atoms with Gasteiger partial charge in [-0.3, -0.25) is 4.79 Å². The molecular formula is C22H24N4O2. The number of morpholine rings is 1. The molecular weight excluding hydrogens is 352 g/mol. The Bertz CT molecular complexity index is 926. The Morgan fingerprint density at radius 2 is 1.79 bits per heavy atom. The molecule has 6 heteroatoms. The van der Waals surface area contributed by atoms with Gasteiger partial charge in [-0.15, -0.1) is 0 Å². The Morgan fingerprint density at radius 1 is 1.07 bits per heavy atom. The van der Waals surface area contributed by atoms with Crippen LogP contribution in [0.1, 0.15) is 21.7 Å². The Kier molecular flexibility index (Phi) is 5.39. The van der Waals surface area contributed by atoms with Gasteiger partial charge in [0, 0.05) is 49.0 Å². The largest absolute Gasteiger partial charge is 0.378 e. The Morgan fingerprint density at radius 3 is 2.43 bits per heavy atom. The summed E-state index contributed by atoms with van der Waals surface area (Å²) in [6, 6.07) is 15.6. The molecule has 1 aromatic heterocycles. The maximum atomic E-state index is 12.5. The molecule has 1 fully saturated rings. The summed E-state index contributed by atoms with van der Waals surface area (Å²) in [6.45, 7) is 6.04. The second-order valence-corrected chi connectivity index (χ2v) is 6.90. The quantitative estimate of drug-likeness (QED) is 0.742. The molecule has 4 rings (SSSR count). The van der Waals surface area contributed by atoms with Crippen molar-refractivity contribution in [2.45, 2.75) is 13.5 Å². The number of imidazole rings is 1. The summed E-state index contributed by atoms with van der Waals surface area (Å²) in [7, 11) is 0. The number of nitrogens with zero attached hydrogens (tertiary/aromatic N) is 3. The number of hydrogen-bond donors (Lipinski definition) is 1. The summed E-state index contributed by atoms with van der Waals surface area (Å²) in [5, 5.41) is 2.97. The van der Waals surface area contributed by atoms with Crippen molar-refractivity contribution in [3.63, 3.8) is 0 Å². The van der Waals surface area contributed by atoms with Crippen LogP contribution in [0.25, 0.3) is 0 Å². The van der Waals surface area contributed by atoms with Crippen LogP contribution < -0.4 is 10.2 Å². The van der Waals surface area contributed by atoms with Crippen molar-refractivity contribution >= 4 is 17.3 Å². The molecule has 0 aliphatic carbocycles. The van der Waals surface area contributed by atoms with Crippen molar-refractivity contribution in [1.29, 1.82) is 0 Å². The number of aryl methyl sites for hydroxylation is 1. The zero-order chi connectivity index (χ0) is 19.3. The summed E-state index contributed by atoms with van der Waals surface area (Å²) in [5.41, 5.74) is 3.72. The fourth-order valence-electron chi connectivity index (χ4n) is 3.31. The van der Waals surface area contributed by atoms with E-state index in [1.54, 1.807) is 6.20 Å². The van der Waals surface area contributed by atoms with Crippen molar-refractivity contribution in [1.82, 2.24) is 9.55 Å². The number of nitrogens with one attached hydrogen (secondary N) is 1. The highest BCUT2D eigenvalue weighted by atomic mass is 16.5. The van der Waals surface area contributed by atoms with E-state index in [0.29, 0.717) is 5.56 Å². The molecule has 0 unspecified atom stereocenters. The number of rotatable bonds is 5. The summed E-state index contributed by atoms with van der Waals surface area (Å²) in [6.07, 6.45) is 3.75. The minimum absolute atomic E-state index is 0.107. The predicted molar refractivity (Wildman–Crippen MR) is 110 cm³/mol. The van der Waals surface area contributed by atoms with E-state index in [2.05, 4.69) is 19.8 Å². The highest BCUT2D eigenvalue weighted by molar-refractivity contribution is 6.04. The lowest BCUT2D eigenvalue weighted by Crippen LogP contribution is -2.36. The third kappa shape index (κ3) is 4.23. The first-order chi connectivity index (χ1) is 13.7. The number of carbonyl (C=O) groups excluding carboxylic acids is 1. The van der Waals surface area contributed by atoms with Crippen LogP contribution in [-0.2, 0) is 11.3 Å². The molecule has 0 saturated carbocycles. The number of benzene rings is 2. The monoisotopic (exact) mass is 376 g/mol. The zero-order valence-corrected chi connectivity index (χ0v) is 16.0. The van der Waals surface area contributed by atoms with Gasteiger partial charge in [0.25, 0.3) is 5.91 Å². The molecule has 0 radical (unpaired) electrons. The van der Waals surface area contributed by atoms with Gasteiger partial charge in [0.05, 0.1) is 13.2 Å². The lowest BCUT2D eigenvalue weighted by Gasteiger charge is -2.28.